The molecule has 0 amide bonds. The first-order valence-corrected chi connectivity index (χ1v) is 27.5. The van der Waals surface area contributed by atoms with Crippen LogP contribution in [0.4, 0.5) is 34.1 Å². The smallest absolute Gasteiger partial charge is 0.0541 e. The minimum Gasteiger partial charge on any atom is -0.310 e. The molecule has 0 radical (unpaired) electrons. The summed E-state index contributed by atoms with van der Waals surface area (Å²) in [4.78, 5) is 4.91. The minimum atomic E-state index is 1.04. The molecule has 376 valence electrons. The SMILES string of the molecule is c1ccc(-c2cccc(N(c3ccc(-c4cccc5ccccc45)cc3)c3cc(-c4ccccc4)c4c(-c5ccccc5)ccc(N(c5ccc(-c6cccc7ccccc67)cc5)c5cccc(-c6ccccc6)c5)c4c3)c2)cc1. The third-order valence-corrected chi connectivity index (χ3v) is 15.6. The van der Waals surface area contributed by atoms with E-state index in [0.717, 1.165) is 72.9 Å². The second-order valence-corrected chi connectivity index (χ2v) is 20.4. The first-order chi connectivity index (χ1) is 39.7. The Morgan fingerprint density at radius 2 is 0.562 bits per heavy atom. The molecule has 0 aliphatic rings. The normalized spacial score (nSPS) is 11.2. The topological polar surface area (TPSA) is 6.48 Å². The molecule has 14 aromatic rings. The first-order valence-electron chi connectivity index (χ1n) is 27.5. The molecule has 0 aliphatic carbocycles. The molecule has 0 atom stereocenters. The Balaban J connectivity index is 1.04. The predicted octanol–water partition coefficient (Wildman–Crippen LogP) is 22.1. The molecule has 0 saturated carbocycles. The van der Waals surface area contributed by atoms with Crippen LogP contribution in [0.5, 0.6) is 0 Å². The average Bonchev–Trinajstić information content (AvgIpc) is 3.73. The van der Waals surface area contributed by atoms with Gasteiger partial charge < -0.3 is 9.80 Å². The molecule has 0 fully saturated rings. The maximum Gasteiger partial charge on any atom is 0.0541 e. The summed E-state index contributed by atoms with van der Waals surface area (Å²) < 4.78 is 0. The van der Waals surface area contributed by atoms with Crippen molar-refractivity contribution in [1.82, 2.24) is 0 Å². The van der Waals surface area contributed by atoms with E-state index in [1.165, 1.54) is 60.3 Å². The first kappa shape index (κ1) is 47.9. The van der Waals surface area contributed by atoms with E-state index in [1.807, 2.05) is 0 Å². The van der Waals surface area contributed by atoms with Gasteiger partial charge in [-0.2, -0.15) is 0 Å². The summed E-state index contributed by atoms with van der Waals surface area (Å²) in [5.74, 6) is 0. The lowest BCUT2D eigenvalue weighted by Crippen LogP contribution is -2.13. The molecule has 2 nitrogen and oxygen atoms in total. The molecular formula is C78H54N2. The Morgan fingerprint density at radius 1 is 0.175 bits per heavy atom. The molecule has 14 aromatic carbocycles. The Kier molecular flexibility index (Phi) is 12.6. The van der Waals surface area contributed by atoms with E-state index in [4.69, 9.17) is 0 Å². The van der Waals surface area contributed by atoms with Crippen molar-refractivity contribution in [2.45, 2.75) is 0 Å². The van der Waals surface area contributed by atoms with Crippen molar-refractivity contribution in [3.05, 3.63) is 328 Å². The van der Waals surface area contributed by atoms with Gasteiger partial charge in [0, 0.05) is 33.8 Å². The fourth-order valence-electron chi connectivity index (χ4n) is 11.8. The zero-order valence-electron chi connectivity index (χ0n) is 44.1. The summed E-state index contributed by atoms with van der Waals surface area (Å²) in [6, 6.07) is 120. The molecule has 0 aliphatic heterocycles. The average molecular weight is 1020 g/mol. The molecule has 0 saturated heterocycles. The second kappa shape index (κ2) is 21.1. The van der Waals surface area contributed by atoms with Crippen LogP contribution in [0.1, 0.15) is 0 Å². The van der Waals surface area contributed by atoms with Crippen molar-refractivity contribution in [3.63, 3.8) is 0 Å². The van der Waals surface area contributed by atoms with Crippen molar-refractivity contribution in [2.24, 2.45) is 0 Å². The highest BCUT2D eigenvalue weighted by Crippen LogP contribution is 2.50. The highest BCUT2D eigenvalue weighted by atomic mass is 15.2. The molecule has 0 unspecified atom stereocenters. The Bertz CT molecular complexity index is 4490. The molecule has 0 aromatic heterocycles. The zero-order valence-corrected chi connectivity index (χ0v) is 44.1. The number of fused-ring (bicyclic) bond motifs is 3. The number of rotatable bonds is 12. The van der Waals surface area contributed by atoms with Crippen LogP contribution in [0, 0.1) is 0 Å². The minimum absolute atomic E-state index is 1.04. The number of hydrogen-bond acceptors (Lipinski definition) is 2. The van der Waals surface area contributed by atoms with Crippen molar-refractivity contribution < 1.29 is 0 Å². The standard InChI is InChI=1S/C78H54N2/c1-5-21-55(22-6-1)63-33-17-35-67(51-63)79(65-45-41-61(42-46-65)72-39-19-31-57-29-13-15-37-70(57)72)69-53-75(60-27-11-4-12-28-60)78-74(59-25-9-3-10-26-59)49-50-77(76(78)54-69)80(68-36-18-34-64(52-68)56-23-7-2-8-24-56)66-47-43-62(44-48-66)73-40-20-32-58-30-14-16-38-71(58)73/h1-54H. The van der Waals surface area contributed by atoms with Crippen molar-refractivity contribution in [2.75, 3.05) is 9.80 Å². The molecule has 80 heavy (non-hydrogen) atoms. The van der Waals surface area contributed by atoms with Crippen LogP contribution in [-0.4, -0.2) is 0 Å². The lowest BCUT2D eigenvalue weighted by Gasteiger charge is -2.31. The van der Waals surface area contributed by atoms with Gasteiger partial charge in [0.15, 0.2) is 0 Å². The van der Waals surface area contributed by atoms with E-state index in [9.17, 15) is 0 Å². The van der Waals surface area contributed by atoms with Gasteiger partial charge in [0.1, 0.15) is 0 Å². The van der Waals surface area contributed by atoms with Crippen LogP contribution in [0.3, 0.4) is 0 Å². The van der Waals surface area contributed by atoms with Crippen molar-refractivity contribution in [3.8, 4) is 66.8 Å². The highest BCUT2D eigenvalue weighted by Gasteiger charge is 2.24. The number of benzene rings is 14. The highest BCUT2D eigenvalue weighted by molar-refractivity contribution is 6.15. The summed E-state index contributed by atoms with van der Waals surface area (Å²) >= 11 is 0. The monoisotopic (exact) mass is 1020 g/mol. The number of anilines is 6. The Hall–Kier alpha value is -10.5. The van der Waals surface area contributed by atoms with Crippen molar-refractivity contribution >= 4 is 66.4 Å². The number of hydrogen-bond donors (Lipinski definition) is 0. The molecule has 0 bridgehead atoms. The van der Waals surface area contributed by atoms with Gasteiger partial charge in [-0.15, -0.1) is 0 Å². The van der Waals surface area contributed by atoms with E-state index < -0.39 is 0 Å². The van der Waals surface area contributed by atoms with Gasteiger partial charge in [-0.3, -0.25) is 0 Å². The maximum absolute atomic E-state index is 2.47. The van der Waals surface area contributed by atoms with E-state index >= 15 is 0 Å². The van der Waals surface area contributed by atoms with Gasteiger partial charge in [-0.1, -0.05) is 261 Å². The fourth-order valence-corrected chi connectivity index (χ4v) is 11.8. The van der Waals surface area contributed by atoms with Crippen LogP contribution in [0.15, 0.2) is 328 Å². The molecule has 2 heteroatoms. The zero-order chi connectivity index (χ0) is 53.2. The summed E-state index contributed by atoms with van der Waals surface area (Å²) in [6.45, 7) is 0. The molecule has 0 heterocycles. The fraction of sp³-hybridized carbons (Fsp3) is 0. The molecular weight excluding hydrogens is 965 g/mol. The van der Waals surface area contributed by atoms with Gasteiger partial charge in [0.2, 0.25) is 0 Å². The van der Waals surface area contributed by atoms with E-state index in [-0.39, 0.29) is 0 Å². The third-order valence-electron chi connectivity index (χ3n) is 15.6. The second-order valence-electron chi connectivity index (χ2n) is 20.4. The van der Waals surface area contributed by atoms with Gasteiger partial charge >= 0.3 is 0 Å². The van der Waals surface area contributed by atoms with E-state index in [0.29, 0.717) is 0 Å². The van der Waals surface area contributed by atoms with Gasteiger partial charge in [-0.05, 0) is 160 Å². The van der Waals surface area contributed by atoms with E-state index in [2.05, 4.69) is 337 Å². The van der Waals surface area contributed by atoms with Crippen LogP contribution in [0.25, 0.3) is 99.1 Å². The lowest BCUT2D eigenvalue weighted by molar-refractivity contribution is 1.28. The lowest BCUT2D eigenvalue weighted by atomic mass is 9.89. The van der Waals surface area contributed by atoms with Crippen LogP contribution in [0.2, 0.25) is 0 Å². The summed E-state index contributed by atoms with van der Waals surface area (Å²) in [6.07, 6.45) is 0. The number of nitrogens with zero attached hydrogens (tertiary/aromatic N) is 2. The Morgan fingerprint density at radius 3 is 1.07 bits per heavy atom. The van der Waals surface area contributed by atoms with Gasteiger partial charge in [0.05, 0.1) is 5.69 Å². The van der Waals surface area contributed by atoms with Crippen molar-refractivity contribution in [1.29, 1.82) is 0 Å². The largest absolute Gasteiger partial charge is 0.310 e. The molecule has 14 rings (SSSR count). The quantitative estimate of drug-likeness (QED) is 0.120. The van der Waals surface area contributed by atoms with E-state index in [1.54, 1.807) is 0 Å². The van der Waals surface area contributed by atoms with Crippen LogP contribution in [-0.2, 0) is 0 Å². The van der Waals surface area contributed by atoms with Gasteiger partial charge in [0.25, 0.3) is 0 Å². The summed E-state index contributed by atoms with van der Waals surface area (Å²) in [5.41, 5.74) is 20.3. The molecule has 0 spiro atoms. The predicted molar refractivity (Wildman–Crippen MR) is 341 cm³/mol. The van der Waals surface area contributed by atoms with Gasteiger partial charge in [-0.25, -0.2) is 0 Å². The summed E-state index contributed by atoms with van der Waals surface area (Å²) in [5, 5.41) is 7.21. The van der Waals surface area contributed by atoms with Crippen LogP contribution < -0.4 is 9.80 Å². The van der Waals surface area contributed by atoms with Crippen LogP contribution >= 0.6 is 0 Å². The third kappa shape index (κ3) is 9.15. The summed E-state index contributed by atoms with van der Waals surface area (Å²) in [7, 11) is 0. The molecule has 0 N–H and O–H groups in total. The maximum atomic E-state index is 2.47. The Labute approximate surface area is 468 Å².